The molecule has 212 valence electrons. The number of nitrogens with one attached hydrogen (secondary N) is 1. The molecule has 1 saturated heterocycles. The number of hydrogen-bond acceptors (Lipinski definition) is 7. The molecule has 0 unspecified atom stereocenters. The third-order valence-corrected chi connectivity index (χ3v) is 7.86. The van der Waals surface area contributed by atoms with Crippen LogP contribution in [0.5, 0.6) is 5.88 Å². The molecule has 0 aromatic carbocycles. The average Bonchev–Trinajstić information content (AvgIpc) is 3.29. The summed E-state index contributed by atoms with van der Waals surface area (Å²) in [7, 11) is 4.24. The molecule has 3 aromatic rings. The van der Waals surface area contributed by atoms with Crippen LogP contribution in [0.1, 0.15) is 57.1 Å². The van der Waals surface area contributed by atoms with E-state index in [9.17, 15) is 17.6 Å². The Morgan fingerprint density at radius 3 is 2.44 bits per heavy atom. The lowest BCUT2D eigenvalue weighted by atomic mass is 9.93. The molecule has 0 atom stereocenters. The summed E-state index contributed by atoms with van der Waals surface area (Å²) in [6, 6.07) is 3.29. The number of piperidine rings is 1. The van der Waals surface area contributed by atoms with E-state index in [2.05, 4.69) is 43.9 Å². The molecule has 8 nitrogen and oxygen atoms in total. The topological polar surface area (TPSA) is 71.3 Å². The van der Waals surface area contributed by atoms with E-state index in [-0.39, 0.29) is 6.04 Å². The van der Waals surface area contributed by atoms with Gasteiger partial charge in [0, 0.05) is 44.1 Å². The molecule has 0 amide bonds. The molecule has 2 aliphatic rings. The van der Waals surface area contributed by atoms with Crippen LogP contribution in [0.15, 0.2) is 24.5 Å². The first-order valence-electron chi connectivity index (χ1n) is 13.6. The summed E-state index contributed by atoms with van der Waals surface area (Å²) in [5.41, 5.74) is -0.364. The first-order chi connectivity index (χ1) is 18.7. The van der Waals surface area contributed by atoms with Gasteiger partial charge in [0.25, 0.3) is 5.88 Å². The van der Waals surface area contributed by atoms with Crippen molar-refractivity contribution in [2.75, 3.05) is 43.9 Å². The fraction of sp³-hybridized carbons (Fsp3) is 0.593. The molecular weight excluding hydrogens is 514 g/mol. The van der Waals surface area contributed by atoms with Crippen molar-refractivity contribution in [3.05, 3.63) is 35.9 Å². The van der Waals surface area contributed by atoms with Crippen molar-refractivity contribution >= 4 is 22.5 Å². The molecule has 0 radical (unpaired) electrons. The van der Waals surface area contributed by atoms with Gasteiger partial charge in [-0.05, 0) is 65.6 Å². The van der Waals surface area contributed by atoms with E-state index in [0.717, 1.165) is 61.2 Å². The van der Waals surface area contributed by atoms with E-state index in [1.807, 2.05) is 19.2 Å². The SMILES string of the molecule is CCNc1cc2c(cn1)c(N1CCC(N(C)C)CC1)nn2[C@H]1CC[C@@H](Oc2nccc(C(F)(F)F)c2F)CC1. The van der Waals surface area contributed by atoms with Gasteiger partial charge in [0.2, 0.25) is 0 Å². The molecule has 4 heterocycles. The summed E-state index contributed by atoms with van der Waals surface area (Å²) in [5, 5.41) is 9.38. The van der Waals surface area contributed by atoms with Crippen LogP contribution in [-0.2, 0) is 6.18 Å². The third-order valence-electron chi connectivity index (χ3n) is 7.86. The summed E-state index contributed by atoms with van der Waals surface area (Å²) in [6.07, 6.45) is 2.23. The van der Waals surface area contributed by atoms with Crippen molar-refractivity contribution in [3.63, 3.8) is 0 Å². The quantitative estimate of drug-likeness (QED) is 0.390. The van der Waals surface area contributed by atoms with Crippen LogP contribution in [0.25, 0.3) is 10.9 Å². The highest BCUT2D eigenvalue weighted by molar-refractivity contribution is 5.91. The second-order valence-corrected chi connectivity index (χ2v) is 10.6. The predicted octanol–water partition coefficient (Wildman–Crippen LogP) is 5.51. The van der Waals surface area contributed by atoms with E-state index in [0.29, 0.717) is 37.8 Å². The highest BCUT2D eigenvalue weighted by Gasteiger charge is 2.37. The highest BCUT2D eigenvalue weighted by atomic mass is 19.4. The molecule has 2 fully saturated rings. The summed E-state index contributed by atoms with van der Waals surface area (Å²) < 4.78 is 61.4. The Morgan fingerprint density at radius 1 is 1.08 bits per heavy atom. The summed E-state index contributed by atoms with van der Waals surface area (Å²) in [4.78, 5) is 12.9. The summed E-state index contributed by atoms with van der Waals surface area (Å²) in [5.74, 6) is -0.336. The number of fused-ring (bicyclic) bond motifs is 1. The molecular formula is C27H35F4N7O. The third kappa shape index (κ3) is 5.75. The van der Waals surface area contributed by atoms with Crippen LogP contribution < -0.4 is 15.0 Å². The molecule has 0 bridgehead atoms. The lowest BCUT2D eigenvalue weighted by molar-refractivity contribution is -0.140. The molecule has 1 N–H and O–H groups in total. The Balaban J connectivity index is 1.34. The summed E-state index contributed by atoms with van der Waals surface area (Å²) >= 11 is 0. The van der Waals surface area contributed by atoms with Crippen molar-refractivity contribution < 1.29 is 22.3 Å². The van der Waals surface area contributed by atoms with Crippen molar-refractivity contribution in [3.8, 4) is 5.88 Å². The van der Waals surface area contributed by atoms with E-state index in [1.165, 1.54) is 0 Å². The van der Waals surface area contributed by atoms with Crippen molar-refractivity contribution in [2.24, 2.45) is 0 Å². The number of rotatable bonds is 7. The van der Waals surface area contributed by atoms with Crippen molar-refractivity contribution in [1.29, 1.82) is 0 Å². The first kappa shape index (κ1) is 27.4. The zero-order valence-electron chi connectivity index (χ0n) is 22.5. The predicted molar refractivity (Wildman–Crippen MR) is 142 cm³/mol. The molecule has 1 aliphatic carbocycles. The van der Waals surface area contributed by atoms with Gasteiger partial charge in [0.15, 0.2) is 11.6 Å². The minimum Gasteiger partial charge on any atom is -0.472 e. The van der Waals surface area contributed by atoms with Gasteiger partial charge in [-0.25, -0.2) is 14.4 Å². The second-order valence-electron chi connectivity index (χ2n) is 10.6. The van der Waals surface area contributed by atoms with Crippen LogP contribution in [0.4, 0.5) is 29.2 Å². The van der Waals surface area contributed by atoms with Gasteiger partial charge in [0.05, 0.1) is 22.5 Å². The minimum absolute atomic E-state index is 0.0802. The molecule has 3 aromatic heterocycles. The van der Waals surface area contributed by atoms with Crippen LogP contribution in [0.3, 0.4) is 0 Å². The molecule has 39 heavy (non-hydrogen) atoms. The first-order valence-corrected chi connectivity index (χ1v) is 13.6. The van der Waals surface area contributed by atoms with Crippen LogP contribution in [-0.4, -0.2) is 70.5 Å². The number of alkyl halides is 3. The maximum Gasteiger partial charge on any atom is 0.419 e. The number of pyridine rings is 2. The van der Waals surface area contributed by atoms with E-state index < -0.39 is 29.5 Å². The van der Waals surface area contributed by atoms with Gasteiger partial charge in [0.1, 0.15) is 11.9 Å². The largest absolute Gasteiger partial charge is 0.472 e. The fourth-order valence-corrected chi connectivity index (χ4v) is 5.69. The van der Waals surface area contributed by atoms with Gasteiger partial charge >= 0.3 is 6.18 Å². The van der Waals surface area contributed by atoms with Crippen molar-refractivity contribution in [2.45, 2.75) is 69.8 Å². The van der Waals surface area contributed by atoms with Gasteiger partial charge in [-0.15, -0.1) is 0 Å². The number of halogens is 4. The van der Waals surface area contributed by atoms with Crippen LogP contribution in [0, 0.1) is 5.82 Å². The minimum atomic E-state index is -4.80. The highest BCUT2D eigenvalue weighted by Crippen LogP contribution is 2.38. The van der Waals surface area contributed by atoms with E-state index in [4.69, 9.17) is 9.84 Å². The summed E-state index contributed by atoms with van der Waals surface area (Å²) in [6.45, 7) is 4.60. The lowest BCUT2D eigenvalue weighted by Crippen LogP contribution is -2.42. The monoisotopic (exact) mass is 549 g/mol. The average molecular weight is 550 g/mol. The standard InChI is InChI=1S/C27H35F4N7O/c1-4-32-23-15-22-20(16-34-23)25(37-13-10-17(11-14-37)36(2)3)35-38(22)18-5-7-19(8-6-18)39-26-24(28)21(9-12-33-26)27(29,30)31/h9,12,15-19H,4-8,10-11,13-14H2,1-3H3,(H,32,34)/t18-,19+. The Morgan fingerprint density at radius 2 is 1.79 bits per heavy atom. The molecule has 0 spiro atoms. The van der Waals surface area contributed by atoms with Crippen molar-refractivity contribution in [1.82, 2.24) is 24.6 Å². The number of anilines is 2. The maximum atomic E-state index is 14.4. The Kier molecular flexibility index (Phi) is 7.84. The Hall–Kier alpha value is -3.15. The van der Waals surface area contributed by atoms with Gasteiger partial charge < -0.3 is 19.9 Å². The molecule has 1 saturated carbocycles. The number of ether oxygens (including phenoxy) is 1. The lowest BCUT2D eigenvalue weighted by Gasteiger charge is -2.35. The van der Waals surface area contributed by atoms with Gasteiger partial charge in [-0.1, -0.05) is 0 Å². The number of aromatic nitrogens is 4. The smallest absolute Gasteiger partial charge is 0.419 e. The Labute approximate surface area is 225 Å². The van der Waals surface area contributed by atoms with Gasteiger partial charge in [-0.2, -0.15) is 18.3 Å². The number of hydrogen-bond donors (Lipinski definition) is 1. The Bertz CT molecular complexity index is 1280. The second kappa shape index (κ2) is 11.1. The maximum absolute atomic E-state index is 14.4. The zero-order chi connectivity index (χ0) is 27.7. The van der Waals surface area contributed by atoms with Crippen LogP contribution >= 0.6 is 0 Å². The van der Waals surface area contributed by atoms with Gasteiger partial charge in [-0.3, -0.25) is 4.68 Å². The normalized spacial score (nSPS) is 21.1. The number of nitrogens with zero attached hydrogens (tertiary/aromatic N) is 6. The molecule has 1 aliphatic heterocycles. The van der Waals surface area contributed by atoms with E-state index >= 15 is 0 Å². The molecule has 5 rings (SSSR count). The van der Waals surface area contributed by atoms with Crippen LogP contribution in [0.2, 0.25) is 0 Å². The zero-order valence-corrected chi connectivity index (χ0v) is 22.5. The molecule has 12 heteroatoms. The fourth-order valence-electron chi connectivity index (χ4n) is 5.69. The van der Waals surface area contributed by atoms with E-state index in [1.54, 1.807) is 0 Å².